The molecule has 2 N–H and O–H groups in total. The second-order valence-corrected chi connectivity index (χ2v) is 8.79. The summed E-state index contributed by atoms with van der Waals surface area (Å²) in [6.07, 6.45) is 4.30. The predicted molar refractivity (Wildman–Crippen MR) is 70.0 cm³/mol. The van der Waals surface area contributed by atoms with Gasteiger partial charge in [-0.3, -0.25) is 4.79 Å². The molecule has 104 valence electrons. The molecule has 0 spiro atoms. The van der Waals surface area contributed by atoms with Crippen molar-refractivity contribution >= 4 is 15.7 Å². The van der Waals surface area contributed by atoms with Gasteiger partial charge in [0.1, 0.15) is 0 Å². The van der Waals surface area contributed by atoms with Crippen molar-refractivity contribution in [3.05, 3.63) is 0 Å². The Bertz CT molecular complexity index is 444. The lowest BCUT2D eigenvalue weighted by Crippen LogP contribution is -2.47. The van der Waals surface area contributed by atoms with E-state index in [1.807, 2.05) is 0 Å². The van der Waals surface area contributed by atoms with Crippen LogP contribution in [0.3, 0.4) is 0 Å². The zero-order valence-electron chi connectivity index (χ0n) is 11.2. The lowest BCUT2D eigenvalue weighted by molar-refractivity contribution is -0.125. The molecule has 1 amide bonds. The maximum Gasteiger partial charge on any atom is 0.224 e. The molecular formula is C12H22N2O3S. The number of fused-ring (bicyclic) bond motifs is 2. The molecular weight excluding hydrogens is 252 g/mol. The Balaban J connectivity index is 1.90. The first kappa shape index (κ1) is 13.8. The number of sulfone groups is 1. The molecule has 2 rings (SSSR count). The Morgan fingerprint density at radius 2 is 2.06 bits per heavy atom. The number of amides is 1. The van der Waals surface area contributed by atoms with Crippen molar-refractivity contribution in [3.8, 4) is 0 Å². The van der Waals surface area contributed by atoms with Crippen molar-refractivity contribution < 1.29 is 13.2 Å². The third kappa shape index (κ3) is 2.54. The fraction of sp³-hybridized carbons (Fsp3) is 0.917. The molecule has 2 bridgehead atoms. The molecule has 0 aromatic heterocycles. The molecule has 2 fully saturated rings. The molecule has 0 aromatic rings. The molecule has 5 nitrogen and oxygen atoms in total. The van der Waals surface area contributed by atoms with E-state index in [9.17, 15) is 13.2 Å². The first-order chi connectivity index (χ1) is 8.21. The topological polar surface area (TPSA) is 75.3 Å². The molecule has 2 aliphatic heterocycles. The van der Waals surface area contributed by atoms with Gasteiger partial charge in [0.25, 0.3) is 0 Å². The molecule has 2 saturated heterocycles. The standard InChI is InChI=1S/C12H22N2O3S/c1-12(2,18(3,16)17)7-13-11(15)9-6-8-4-5-10(9)14-8/h8-10,14H,4-7H2,1-3H3,(H,13,15). The lowest BCUT2D eigenvalue weighted by atomic mass is 9.88. The first-order valence-corrected chi connectivity index (χ1v) is 8.33. The summed E-state index contributed by atoms with van der Waals surface area (Å²) in [6.45, 7) is 3.46. The molecule has 2 aliphatic rings. The number of carbonyl (C=O) groups excluding carboxylic acids is 1. The molecule has 18 heavy (non-hydrogen) atoms. The zero-order chi connectivity index (χ0) is 13.6. The minimum Gasteiger partial charge on any atom is -0.354 e. The van der Waals surface area contributed by atoms with Crippen LogP contribution in [0.15, 0.2) is 0 Å². The maximum atomic E-state index is 12.1. The normalized spacial score (nSPS) is 31.6. The van der Waals surface area contributed by atoms with Gasteiger partial charge in [-0.2, -0.15) is 0 Å². The number of nitrogens with one attached hydrogen (secondary N) is 2. The van der Waals surface area contributed by atoms with Crippen molar-refractivity contribution in [2.24, 2.45) is 5.92 Å². The summed E-state index contributed by atoms with van der Waals surface area (Å²) < 4.78 is 22.2. The fourth-order valence-corrected chi connectivity index (χ4v) is 3.01. The van der Waals surface area contributed by atoms with E-state index in [2.05, 4.69) is 10.6 Å². The Morgan fingerprint density at radius 1 is 1.39 bits per heavy atom. The van der Waals surface area contributed by atoms with Crippen molar-refractivity contribution in [1.29, 1.82) is 0 Å². The Kier molecular flexibility index (Phi) is 3.44. The summed E-state index contributed by atoms with van der Waals surface area (Å²) in [5.41, 5.74) is 0. The van der Waals surface area contributed by atoms with Crippen LogP contribution in [0, 0.1) is 5.92 Å². The van der Waals surface area contributed by atoms with Gasteiger partial charge in [0.15, 0.2) is 9.84 Å². The van der Waals surface area contributed by atoms with Crippen LogP contribution < -0.4 is 10.6 Å². The number of hydrogen-bond donors (Lipinski definition) is 2. The van der Waals surface area contributed by atoms with E-state index < -0.39 is 14.6 Å². The van der Waals surface area contributed by atoms with E-state index in [0.29, 0.717) is 6.04 Å². The Hall–Kier alpha value is -0.620. The van der Waals surface area contributed by atoms with E-state index in [1.165, 1.54) is 6.26 Å². The Labute approximate surface area is 109 Å². The zero-order valence-corrected chi connectivity index (χ0v) is 12.0. The third-order valence-electron chi connectivity index (χ3n) is 4.33. The van der Waals surface area contributed by atoms with Gasteiger partial charge in [0.05, 0.1) is 10.7 Å². The van der Waals surface area contributed by atoms with Crippen molar-refractivity contribution in [2.75, 3.05) is 12.8 Å². The monoisotopic (exact) mass is 274 g/mol. The summed E-state index contributed by atoms with van der Waals surface area (Å²) in [6, 6.07) is 0.769. The molecule has 3 atom stereocenters. The summed E-state index contributed by atoms with van der Waals surface area (Å²) in [7, 11) is -3.16. The molecule has 2 heterocycles. The summed E-state index contributed by atoms with van der Waals surface area (Å²) in [4.78, 5) is 12.1. The highest BCUT2D eigenvalue weighted by Gasteiger charge is 2.43. The van der Waals surface area contributed by atoms with Crippen LogP contribution >= 0.6 is 0 Å². The second-order valence-electron chi connectivity index (χ2n) is 6.14. The van der Waals surface area contributed by atoms with Crippen LogP contribution in [-0.2, 0) is 14.6 Å². The summed E-state index contributed by atoms with van der Waals surface area (Å²) >= 11 is 0. The second kappa shape index (κ2) is 4.49. The summed E-state index contributed by atoms with van der Waals surface area (Å²) in [5, 5.41) is 6.21. The molecule has 3 unspecified atom stereocenters. The van der Waals surface area contributed by atoms with E-state index >= 15 is 0 Å². The average Bonchev–Trinajstić information content (AvgIpc) is 2.85. The number of hydrogen-bond acceptors (Lipinski definition) is 4. The summed E-state index contributed by atoms with van der Waals surface area (Å²) in [5.74, 6) is 0.00513. The van der Waals surface area contributed by atoms with Crippen LogP contribution in [0.25, 0.3) is 0 Å². The van der Waals surface area contributed by atoms with Gasteiger partial charge in [-0.25, -0.2) is 8.42 Å². The third-order valence-corrected chi connectivity index (χ3v) is 6.48. The van der Waals surface area contributed by atoms with Crippen LogP contribution in [0.4, 0.5) is 0 Å². The minimum atomic E-state index is -3.16. The average molecular weight is 274 g/mol. The molecule has 0 aliphatic carbocycles. The van der Waals surface area contributed by atoms with E-state index in [-0.39, 0.29) is 24.4 Å². The van der Waals surface area contributed by atoms with Crippen LogP contribution in [0.1, 0.15) is 33.1 Å². The van der Waals surface area contributed by atoms with E-state index in [4.69, 9.17) is 0 Å². The molecule has 0 radical (unpaired) electrons. The van der Waals surface area contributed by atoms with Crippen molar-refractivity contribution in [1.82, 2.24) is 10.6 Å². The lowest BCUT2D eigenvalue weighted by Gasteiger charge is -2.25. The SMILES string of the molecule is CC(C)(CNC(=O)C1CC2CCC1N2)S(C)(=O)=O. The van der Waals surface area contributed by atoms with Crippen LogP contribution in [0.5, 0.6) is 0 Å². The van der Waals surface area contributed by atoms with Gasteiger partial charge in [-0.1, -0.05) is 0 Å². The van der Waals surface area contributed by atoms with Crippen LogP contribution in [0.2, 0.25) is 0 Å². The van der Waals surface area contributed by atoms with Gasteiger partial charge in [0, 0.05) is 24.9 Å². The highest BCUT2D eigenvalue weighted by molar-refractivity contribution is 7.92. The van der Waals surface area contributed by atoms with Gasteiger partial charge < -0.3 is 10.6 Å². The van der Waals surface area contributed by atoms with Gasteiger partial charge in [-0.05, 0) is 33.1 Å². The van der Waals surface area contributed by atoms with E-state index in [0.717, 1.165) is 19.3 Å². The van der Waals surface area contributed by atoms with Gasteiger partial charge >= 0.3 is 0 Å². The van der Waals surface area contributed by atoms with Crippen LogP contribution in [-0.4, -0.2) is 44.0 Å². The largest absolute Gasteiger partial charge is 0.354 e. The Morgan fingerprint density at radius 3 is 2.50 bits per heavy atom. The minimum absolute atomic E-state index is 0.00794. The van der Waals surface area contributed by atoms with Crippen molar-refractivity contribution in [2.45, 2.75) is 49.9 Å². The van der Waals surface area contributed by atoms with E-state index in [1.54, 1.807) is 13.8 Å². The number of carbonyl (C=O) groups is 1. The fourth-order valence-electron chi connectivity index (χ4n) is 2.68. The maximum absolute atomic E-state index is 12.1. The van der Waals surface area contributed by atoms with Gasteiger partial charge in [0.2, 0.25) is 5.91 Å². The first-order valence-electron chi connectivity index (χ1n) is 6.44. The quantitative estimate of drug-likeness (QED) is 0.760. The highest BCUT2D eigenvalue weighted by atomic mass is 32.2. The van der Waals surface area contributed by atoms with Gasteiger partial charge in [-0.15, -0.1) is 0 Å². The molecule has 0 saturated carbocycles. The number of rotatable bonds is 4. The smallest absolute Gasteiger partial charge is 0.224 e. The van der Waals surface area contributed by atoms with Crippen molar-refractivity contribution in [3.63, 3.8) is 0 Å². The predicted octanol–water partition coefficient (Wildman–Crippen LogP) is 0.0663. The molecule has 0 aromatic carbocycles. The highest BCUT2D eigenvalue weighted by Crippen LogP contribution is 2.33. The molecule has 6 heteroatoms.